The summed E-state index contributed by atoms with van der Waals surface area (Å²) in [6.07, 6.45) is 5.57. The highest BCUT2D eigenvalue weighted by molar-refractivity contribution is 5.37. The van der Waals surface area contributed by atoms with Crippen LogP contribution in [-0.4, -0.2) is 26.3 Å². The Balaban J connectivity index is 1.57. The Hall–Kier alpha value is -2.53. The lowest BCUT2D eigenvalue weighted by Gasteiger charge is -2.09. The second kappa shape index (κ2) is 7.84. The molecule has 0 spiro atoms. The number of benzene rings is 1. The molecule has 5 heteroatoms. The molecule has 0 aliphatic carbocycles. The molecule has 3 rings (SSSR count). The standard InChI is InChI=1S/C19H23N5/c1-15-13-21-12-10-18(15)24-19(22-16(2)23-24)9-6-11-20-14-17-7-4-3-5-8-17/h3-5,7-8,10,12-13,20H,6,9,11,14H2,1-2H3. The van der Waals surface area contributed by atoms with Crippen LogP contribution in [0.2, 0.25) is 0 Å². The first-order valence-corrected chi connectivity index (χ1v) is 8.32. The van der Waals surface area contributed by atoms with Crippen LogP contribution in [0.15, 0.2) is 48.8 Å². The van der Waals surface area contributed by atoms with E-state index in [9.17, 15) is 0 Å². The van der Waals surface area contributed by atoms with E-state index in [4.69, 9.17) is 0 Å². The third-order valence-corrected chi connectivity index (χ3v) is 3.92. The van der Waals surface area contributed by atoms with E-state index >= 15 is 0 Å². The minimum Gasteiger partial charge on any atom is -0.313 e. The summed E-state index contributed by atoms with van der Waals surface area (Å²) in [5, 5.41) is 8.03. The minimum absolute atomic E-state index is 0.804. The molecule has 0 aliphatic heterocycles. The number of pyridine rings is 1. The van der Waals surface area contributed by atoms with Crippen LogP contribution >= 0.6 is 0 Å². The number of nitrogens with zero attached hydrogens (tertiary/aromatic N) is 4. The van der Waals surface area contributed by atoms with Gasteiger partial charge in [-0.15, -0.1) is 0 Å². The highest BCUT2D eigenvalue weighted by Crippen LogP contribution is 2.14. The summed E-state index contributed by atoms with van der Waals surface area (Å²) in [4.78, 5) is 8.74. The van der Waals surface area contributed by atoms with E-state index < -0.39 is 0 Å². The normalized spacial score (nSPS) is 10.9. The van der Waals surface area contributed by atoms with E-state index in [1.807, 2.05) is 36.9 Å². The van der Waals surface area contributed by atoms with Crippen molar-refractivity contribution in [2.75, 3.05) is 6.54 Å². The third kappa shape index (κ3) is 4.06. The molecule has 1 aromatic carbocycles. The highest BCUT2D eigenvalue weighted by atomic mass is 15.3. The smallest absolute Gasteiger partial charge is 0.148 e. The summed E-state index contributed by atoms with van der Waals surface area (Å²) in [6, 6.07) is 12.4. The van der Waals surface area contributed by atoms with Crippen LogP contribution in [-0.2, 0) is 13.0 Å². The molecule has 0 radical (unpaired) electrons. The summed E-state index contributed by atoms with van der Waals surface area (Å²) < 4.78 is 1.95. The summed E-state index contributed by atoms with van der Waals surface area (Å²) >= 11 is 0. The van der Waals surface area contributed by atoms with Crippen LogP contribution in [0.25, 0.3) is 5.69 Å². The quantitative estimate of drug-likeness (QED) is 0.680. The van der Waals surface area contributed by atoms with E-state index in [0.29, 0.717) is 0 Å². The maximum Gasteiger partial charge on any atom is 0.148 e. The van der Waals surface area contributed by atoms with Crippen LogP contribution in [0.3, 0.4) is 0 Å². The van der Waals surface area contributed by atoms with Gasteiger partial charge >= 0.3 is 0 Å². The van der Waals surface area contributed by atoms with Crippen LogP contribution in [0.4, 0.5) is 0 Å². The summed E-state index contributed by atoms with van der Waals surface area (Å²) in [6.45, 7) is 5.83. The molecule has 0 aliphatic rings. The molecule has 0 fully saturated rings. The monoisotopic (exact) mass is 321 g/mol. The Morgan fingerprint density at radius 1 is 1.08 bits per heavy atom. The van der Waals surface area contributed by atoms with Gasteiger partial charge in [0.05, 0.1) is 5.69 Å². The van der Waals surface area contributed by atoms with Gasteiger partial charge in [-0.2, -0.15) is 5.10 Å². The first kappa shape index (κ1) is 16.3. The molecule has 0 bridgehead atoms. The van der Waals surface area contributed by atoms with Gasteiger partial charge < -0.3 is 5.32 Å². The molecule has 124 valence electrons. The van der Waals surface area contributed by atoms with Crippen LogP contribution in [0, 0.1) is 13.8 Å². The van der Waals surface area contributed by atoms with E-state index in [1.54, 1.807) is 6.20 Å². The topological polar surface area (TPSA) is 55.6 Å². The molecular weight excluding hydrogens is 298 g/mol. The molecule has 0 saturated heterocycles. The fourth-order valence-electron chi connectivity index (χ4n) is 2.72. The van der Waals surface area contributed by atoms with Gasteiger partial charge in [0.15, 0.2) is 0 Å². The average Bonchev–Trinajstić information content (AvgIpc) is 2.96. The predicted molar refractivity (Wildman–Crippen MR) is 95.1 cm³/mol. The molecule has 5 nitrogen and oxygen atoms in total. The lowest BCUT2D eigenvalue weighted by Crippen LogP contribution is -2.16. The van der Waals surface area contributed by atoms with Gasteiger partial charge in [0, 0.05) is 25.4 Å². The van der Waals surface area contributed by atoms with Crippen molar-refractivity contribution in [1.29, 1.82) is 0 Å². The summed E-state index contributed by atoms with van der Waals surface area (Å²) in [7, 11) is 0. The number of rotatable bonds is 7. The van der Waals surface area contributed by atoms with E-state index in [1.165, 1.54) is 5.56 Å². The van der Waals surface area contributed by atoms with Crippen molar-refractivity contribution in [3.8, 4) is 5.69 Å². The van der Waals surface area contributed by atoms with Crippen molar-refractivity contribution < 1.29 is 0 Å². The van der Waals surface area contributed by atoms with Gasteiger partial charge in [0.25, 0.3) is 0 Å². The minimum atomic E-state index is 0.804. The first-order valence-electron chi connectivity index (χ1n) is 8.32. The SMILES string of the molecule is Cc1nc(CCCNCc2ccccc2)n(-c2ccncc2C)n1. The first-order chi connectivity index (χ1) is 11.7. The summed E-state index contributed by atoms with van der Waals surface area (Å²) in [5.41, 5.74) is 3.47. The van der Waals surface area contributed by atoms with E-state index in [-0.39, 0.29) is 0 Å². The van der Waals surface area contributed by atoms with Gasteiger partial charge in [0.2, 0.25) is 0 Å². The molecule has 24 heavy (non-hydrogen) atoms. The van der Waals surface area contributed by atoms with Gasteiger partial charge in [-0.05, 0) is 44.0 Å². The Morgan fingerprint density at radius 3 is 2.71 bits per heavy atom. The maximum absolute atomic E-state index is 4.59. The van der Waals surface area contributed by atoms with Crippen molar-refractivity contribution in [3.05, 3.63) is 71.6 Å². The Kier molecular flexibility index (Phi) is 5.33. The lowest BCUT2D eigenvalue weighted by molar-refractivity contribution is 0.630. The van der Waals surface area contributed by atoms with Gasteiger partial charge in [0.1, 0.15) is 11.6 Å². The zero-order chi connectivity index (χ0) is 16.8. The highest BCUT2D eigenvalue weighted by Gasteiger charge is 2.10. The Morgan fingerprint density at radius 2 is 1.92 bits per heavy atom. The van der Waals surface area contributed by atoms with Gasteiger partial charge in [-0.25, -0.2) is 9.67 Å². The molecule has 0 atom stereocenters. The predicted octanol–water partition coefficient (Wildman–Crippen LogP) is 3.00. The lowest BCUT2D eigenvalue weighted by atomic mass is 10.2. The number of nitrogens with one attached hydrogen (secondary N) is 1. The molecule has 2 heterocycles. The Bertz CT molecular complexity index is 779. The molecule has 0 unspecified atom stereocenters. The van der Waals surface area contributed by atoms with Crippen molar-refractivity contribution >= 4 is 0 Å². The maximum atomic E-state index is 4.59. The zero-order valence-corrected chi connectivity index (χ0v) is 14.2. The summed E-state index contributed by atoms with van der Waals surface area (Å²) in [5.74, 6) is 1.81. The number of aryl methyl sites for hydroxylation is 3. The van der Waals surface area contributed by atoms with Crippen molar-refractivity contribution in [2.24, 2.45) is 0 Å². The van der Waals surface area contributed by atoms with Crippen LogP contribution in [0.1, 0.15) is 29.2 Å². The molecule has 2 aromatic heterocycles. The number of hydrogen-bond donors (Lipinski definition) is 1. The molecule has 1 N–H and O–H groups in total. The van der Waals surface area contributed by atoms with E-state index in [2.05, 4.69) is 44.6 Å². The fourth-order valence-corrected chi connectivity index (χ4v) is 2.72. The molecule has 3 aromatic rings. The number of hydrogen-bond acceptors (Lipinski definition) is 4. The number of aromatic nitrogens is 4. The van der Waals surface area contributed by atoms with Gasteiger partial charge in [-0.3, -0.25) is 4.98 Å². The van der Waals surface area contributed by atoms with Crippen LogP contribution in [0.5, 0.6) is 0 Å². The molecule has 0 amide bonds. The molecule has 0 saturated carbocycles. The van der Waals surface area contributed by atoms with Crippen molar-refractivity contribution in [3.63, 3.8) is 0 Å². The van der Waals surface area contributed by atoms with Gasteiger partial charge in [-0.1, -0.05) is 30.3 Å². The second-order valence-corrected chi connectivity index (χ2v) is 5.92. The van der Waals surface area contributed by atoms with Crippen molar-refractivity contribution in [1.82, 2.24) is 25.1 Å². The van der Waals surface area contributed by atoms with Crippen molar-refractivity contribution in [2.45, 2.75) is 33.2 Å². The second-order valence-electron chi connectivity index (χ2n) is 5.92. The largest absolute Gasteiger partial charge is 0.313 e. The zero-order valence-electron chi connectivity index (χ0n) is 14.2. The Labute approximate surface area is 142 Å². The van der Waals surface area contributed by atoms with E-state index in [0.717, 1.165) is 48.8 Å². The van der Waals surface area contributed by atoms with Crippen LogP contribution < -0.4 is 5.32 Å². The fraction of sp³-hybridized carbons (Fsp3) is 0.316. The third-order valence-electron chi connectivity index (χ3n) is 3.92. The average molecular weight is 321 g/mol. The molecular formula is C19H23N5.